The maximum absolute atomic E-state index is 14.6. The molecule has 3 saturated heterocycles. The van der Waals surface area contributed by atoms with Crippen LogP contribution in [0.1, 0.15) is 55.7 Å². The van der Waals surface area contributed by atoms with E-state index in [1.165, 1.54) is 11.3 Å². The van der Waals surface area contributed by atoms with Crippen LogP contribution in [0, 0.1) is 0 Å². The number of hydrogen-bond donors (Lipinski definition) is 4. The van der Waals surface area contributed by atoms with E-state index in [-0.39, 0.29) is 12.6 Å². The largest absolute Gasteiger partial charge is 0.494 e. The minimum atomic E-state index is -3.09. The van der Waals surface area contributed by atoms with Gasteiger partial charge in [0.25, 0.3) is 0 Å². The number of likely N-dealkylation sites (N-methyl/N-ethyl adjacent to an activating group) is 1. The van der Waals surface area contributed by atoms with E-state index in [0.717, 1.165) is 102 Å². The van der Waals surface area contributed by atoms with Crippen LogP contribution in [-0.2, 0) is 15.7 Å². The molecule has 4 fully saturated rings. The second kappa shape index (κ2) is 25.9. The summed E-state index contributed by atoms with van der Waals surface area (Å²) >= 11 is 14.6. The van der Waals surface area contributed by atoms with Gasteiger partial charge in [-0.1, -0.05) is 11.6 Å². The third-order valence-corrected chi connectivity index (χ3v) is 21.6. The molecule has 7 heterocycles. The zero-order valence-electron chi connectivity index (χ0n) is 50.8. The first-order chi connectivity index (χ1) is 42.2. The minimum absolute atomic E-state index is 0.0108. The molecule has 462 valence electrons. The van der Waals surface area contributed by atoms with Crippen LogP contribution in [0.5, 0.6) is 11.5 Å². The summed E-state index contributed by atoms with van der Waals surface area (Å²) < 4.78 is 42.5. The van der Waals surface area contributed by atoms with Crippen LogP contribution in [-0.4, -0.2) is 174 Å². The van der Waals surface area contributed by atoms with Crippen molar-refractivity contribution in [1.82, 2.24) is 54.6 Å². The average molecular weight is 1380 g/mol. The lowest BCUT2D eigenvalue weighted by Gasteiger charge is -2.42. The average Bonchev–Trinajstić information content (AvgIpc) is 2.62. The molecule has 0 bridgehead atoms. The number of ether oxygens (including phenoxy) is 2. The Labute approximate surface area is 535 Å². The van der Waals surface area contributed by atoms with E-state index in [4.69, 9.17) is 41.0 Å². The van der Waals surface area contributed by atoms with Gasteiger partial charge in [-0.3, -0.25) is 19.9 Å². The Morgan fingerprint density at radius 1 is 0.614 bits per heavy atom. The molecule has 26 heteroatoms. The van der Waals surface area contributed by atoms with E-state index < -0.39 is 14.3 Å². The predicted octanol–water partition coefficient (Wildman–Crippen LogP) is 12.0. The molecule has 4 N–H and O–H groups in total. The zero-order chi connectivity index (χ0) is 61.6. The van der Waals surface area contributed by atoms with E-state index in [9.17, 15) is 9.13 Å². The van der Waals surface area contributed by atoms with Crippen molar-refractivity contribution < 1.29 is 18.6 Å². The Bertz CT molecular complexity index is 4020. The fraction of sp³-hybridized carbons (Fsp3) is 0.419. The molecule has 88 heavy (non-hydrogen) atoms. The van der Waals surface area contributed by atoms with E-state index in [1.807, 2.05) is 36.4 Å². The monoisotopic (exact) mass is 1380 g/mol. The van der Waals surface area contributed by atoms with Gasteiger partial charge >= 0.3 is 0 Å². The van der Waals surface area contributed by atoms with Gasteiger partial charge in [0.05, 0.1) is 83.0 Å². The summed E-state index contributed by atoms with van der Waals surface area (Å²) in [6, 6.07) is 16.7. The zero-order valence-corrected chi connectivity index (χ0v) is 56.5. The topological polar surface area (TPSA) is 220 Å². The second-order valence-electron chi connectivity index (χ2n) is 24.3. The highest BCUT2D eigenvalue weighted by Gasteiger charge is 2.33. The molecule has 3 aliphatic heterocycles. The molecule has 8 aromatic rings. The normalized spacial score (nSPS) is 16.8. The van der Waals surface area contributed by atoms with Crippen molar-refractivity contribution in [2.75, 3.05) is 138 Å². The standard InChI is InChI=1S/C62H74Br2ClN17O4P2/c1-78(2)39-15-21-81(22-16-39)51-31-53(85-4)49(29-41(51)37-9-10-37)74-61-69-34-43(64)60(76-61)73-48-14-12-46-56(58(48)88(7,8)84)71-38(33-68-46)36-86-54-32-52(82-23-17-40(18-24-82)80-27-25-79(3)26-28-80)44(65)30-50(54)75-62-70-35-42(63)59(77-62)72-47-13-11-45-55(67-20-19-66-45)57(47)87(5,6)83/h11-14,19-20,29-35,37,39-40H,9-10,15-18,21-28,36H2,1-8H3,(H2,69,73,74,76)(H2,70,72,75,77). The summed E-state index contributed by atoms with van der Waals surface area (Å²) in [6.07, 6.45) is 14.8. The van der Waals surface area contributed by atoms with Gasteiger partial charge in [0.2, 0.25) is 11.9 Å². The number of anilines is 10. The molecule has 0 spiro atoms. The van der Waals surface area contributed by atoms with Gasteiger partial charge in [-0.2, -0.15) is 9.97 Å². The van der Waals surface area contributed by atoms with Crippen LogP contribution in [0.15, 0.2) is 88.5 Å². The fourth-order valence-electron chi connectivity index (χ4n) is 12.3. The van der Waals surface area contributed by atoms with Crippen LogP contribution >= 0.6 is 57.7 Å². The first-order valence-corrected chi connectivity index (χ1v) is 36.9. The molecule has 1 saturated carbocycles. The Kier molecular flexibility index (Phi) is 18.2. The van der Waals surface area contributed by atoms with E-state index in [0.29, 0.717) is 116 Å². The van der Waals surface area contributed by atoms with Gasteiger partial charge in [-0.15, -0.1) is 0 Å². The van der Waals surface area contributed by atoms with E-state index >= 15 is 0 Å². The number of piperidine rings is 2. The smallest absolute Gasteiger partial charge is 0.229 e. The minimum Gasteiger partial charge on any atom is -0.494 e. The van der Waals surface area contributed by atoms with Crippen molar-refractivity contribution in [3.05, 3.63) is 105 Å². The Morgan fingerprint density at radius 2 is 1.17 bits per heavy atom. The molecule has 4 aromatic carbocycles. The number of hydrogen-bond acceptors (Lipinski definition) is 21. The summed E-state index contributed by atoms with van der Waals surface area (Å²) in [7, 11) is 2.25. The number of rotatable bonds is 19. The lowest BCUT2D eigenvalue weighted by molar-refractivity contribution is 0.0982. The molecule has 21 nitrogen and oxygen atoms in total. The van der Waals surface area contributed by atoms with Gasteiger partial charge in [-0.25, -0.2) is 15.0 Å². The van der Waals surface area contributed by atoms with Crippen LogP contribution in [0.4, 0.5) is 57.7 Å². The summed E-state index contributed by atoms with van der Waals surface area (Å²) in [5.74, 6) is 3.15. The maximum atomic E-state index is 14.6. The molecular formula is C62H74Br2ClN17O4P2. The van der Waals surface area contributed by atoms with Crippen LogP contribution in [0.2, 0.25) is 5.02 Å². The first-order valence-electron chi connectivity index (χ1n) is 29.8. The number of benzene rings is 4. The van der Waals surface area contributed by atoms with Gasteiger partial charge in [-0.05, 0) is 166 Å². The highest BCUT2D eigenvalue weighted by atomic mass is 79.9. The lowest BCUT2D eigenvalue weighted by Crippen LogP contribution is -2.52. The number of piperazine rings is 1. The van der Waals surface area contributed by atoms with Crippen molar-refractivity contribution >= 4 is 148 Å². The summed E-state index contributed by atoms with van der Waals surface area (Å²) in [4.78, 5) is 50.4. The fourth-order valence-corrected chi connectivity index (χ4v) is 15.9. The van der Waals surface area contributed by atoms with Crippen LogP contribution < -0.4 is 51.1 Å². The number of nitrogens with one attached hydrogen (secondary N) is 4. The maximum Gasteiger partial charge on any atom is 0.229 e. The number of methoxy groups -OCH3 is 1. The number of halogens is 3. The number of fused-ring (bicyclic) bond motifs is 2. The number of aromatic nitrogens is 8. The lowest BCUT2D eigenvalue weighted by atomic mass is 10.00. The molecule has 4 aromatic heterocycles. The predicted molar refractivity (Wildman–Crippen MR) is 364 cm³/mol. The van der Waals surface area contributed by atoms with Gasteiger partial charge in [0.1, 0.15) is 55.1 Å². The van der Waals surface area contributed by atoms with Gasteiger partial charge in [0, 0.05) is 107 Å². The Morgan fingerprint density at radius 3 is 1.76 bits per heavy atom. The molecule has 12 rings (SSSR count). The van der Waals surface area contributed by atoms with E-state index in [1.54, 1.807) is 64.8 Å². The molecule has 0 radical (unpaired) electrons. The summed E-state index contributed by atoms with van der Waals surface area (Å²) in [5.41, 5.74) is 8.56. The third kappa shape index (κ3) is 13.7. The van der Waals surface area contributed by atoms with Crippen molar-refractivity contribution in [3.8, 4) is 11.5 Å². The van der Waals surface area contributed by atoms with Crippen molar-refractivity contribution in [2.45, 2.75) is 63.1 Å². The van der Waals surface area contributed by atoms with Crippen LogP contribution in [0.25, 0.3) is 22.1 Å². The third-order valence-electron chi connectivity index (χ3n) is 17.1. The highest BCUT2D eigenvalue weighted by Crippen LogP contribution is 2.49. The Hall–Kier alpha value is -6.29. The molecule has 0 amide bonds. The van der Waals surface area contributed by atoms with E-state index in [2.05, 4.69) is 131 Å². The van der Waals surface area contributed by atoms with Crippen LogP contribution in [0.3, 0.4) is 0 Å². The summed E-state index contributed by atoms with van der Waals surface area (Å²) in [6.45, 7) is 14.8. The summed E-state index contributed by atoms with van der Waals surface area (Å²) in [5, 5.41) is 15.4. The highest BCUT2D eigenvalue weighted by molar-refractivity contribution is 9.11. The second-order valence-corrected chi connectivity index (χ2v) is 32.7. The molecule has 0 unspecified atom stereocenters. The van der Waals surface area contributed by atoms with Crippen molar-refractivity contribution in [1.29, 1.82) is 0 Å². The Balaban J connectivity index is 0.827. The molecule has 1 aliphatic carbocycles. The van der Waals surface area contributed by atoms with Crippen molar-refractivity contribution in [2.24, 2.45) is 0 Å². The molecular weight excluding hydrogens is 1300 g/mol. The quantitative estimate of drug-likeness (QED) is 0.0553. The van der Waals surface area contributed by atoms with Gasteiger partial charge < -0.3 is 59.5 Å². The first kappa shape index (κ1) is 61.9. The number of nitrogens with zero attached hydrogens (tertiary/aromatic N) is 13. The molecule has 0 atom stereocenters. The molecule has 4 aliphatic rings. The van der Waals surface area contributed by atoms with Crippen molar-refractivity contribution in [3.63, 3.8) is 0 Å². The SMILES string of the molecule is COc1cc(N2CCC(N(C)C)CC2)c(C2CC2)cc1Nc1ncc(Br)c(Nc2ccc3ncc(COc4cc(N5CCC(N6CCN(C)CC6)CC5)c(Cl)cc4Nc4ncc(Br)c(Nc5ccc6nccnc6c5P(C)(C)=O)n4)nc3c2P(C)(C)=O)n1. The van der Waals surface area contributed by atoms with Gasteiger partial charge in [0.15, 0.2) is 0 Å².